The number of ether oxygens (including phenoxy) is 1. The molecule has 0 saturated carbocycles. The Morgan fingerprint density at radius 2 is 1.96 bits per heavy atom. The van der Waals surface area contributed by atoms with E-state index < -0.39 is 0 Å². The second-order valence-electron chi connectivity index (χ2n) is 6.49. The molecule has 0 atom stereocenters. The van der Waals surface area contributed by atoms with Crippen molar-refractivity contribution in [3.8, 4) is 10.6 Å². The first-order chi connectivity index (χ1) is 12.8. The molecule has 1 saturated heterocycles. The van der Waals surface area contributed by atoms with E-state index in [4.69, 9.17) is 4.74 Å². The third-order valence-corrected chi connectivity index (χ3v) is 5.88. The number of imidazole rings is 1. The third-order valence-electron chi connectivity index (χ3n) is 4.85. The van der Waals surface area contributed by atoms with Crippen LogP contribution in [0.2, 0.25) is 0 Å². The molecule has 1 aromatic carbocycles. The van der Waals surface area contributed by atoms with Crippen LogP contribution >= 0.6 is 11.3 Å². The van der Waals surface area contributed by atoms with E-state index in [2.05, 4.69) is 43.0 Å². The summed E-state index contributed by atoms with van der Waals surface area (Å²) in [5.74, 6) is 1.68. The van der Waals surface area contributed by atoms with Gasteiger partial charge < -0.3 is 14.2 Å². The van der Waals surface area contributed by atoms with Crippen molar-refractivity contribution in [2.75, 3.05) is 31.7 Å². The molecule has 1 fully saturated rings. The lowest BCUT2D eigenvalue weighted by molar-refractivity contribution is 0.185. The number of piperidine rings is 1. The smallest absolute Gasteiger partial charge is 0.208 e. The van der Waals surface area contributed by atoms with Crippen molar-refractivity contribution in [1.82, 2.24) is 19.7 Å². The van der Waals surface area contributed by atoms with E-state index in [9.17, 15) is 0 Å². The molecular formula is C19H23N5OS. The monoisotopic (exact) mass is 369 g/mol. The first kappa shape index (κ1) is 17.2. The van der Waals surface area contributed by atoms with Crippen LogP contribution in [0, 0.1) is 0 Å². The van der Waals surface area contributed by atoms with Crippen LogP contribution in [-0.2, 0) is 11.3 Å². The number of hydrogen-bond acceptors (Lipinski definition) is 6. The van der Waals surface area contributed by atoms with Gasteiger partial charge in [-0.2, -0.15) is 0 Å². The lowest BCUT2D eigenvalue weighted by atomic mass is 9.96. The highest BCUT2D eigenvalue weighted by molar-refractivity contribution is 7.18. The van der Waals surface area contributed by atoms with E-state index in [-0.39, 0.29) is 0 Å². The van der Waals surface area contributed by atoms with E-state index in [1.807, 2.05) is 24.4 Å². The molecule has 0 spiro atoms. The molecule has 136 valence electrons. The molecule has 26 heavy (non-hydrogen) atoms. The van der Waals surface area contributed by atoms with Crippen LogP contribution in [-0.4, -0.2) is 46.6 Å². The minimum atomic E-state index is 0.500. The van der Waals surface area contributed by atoms with Gasteiger partial charge in [-0.25, -0.2) is 4.98 Å². The number of benzene rings is 1. The molecule has 3 aromatic rings. The Morgan fingerprint density at radius 1 is 1.15 bits per heavy atom. The normalized spacial score (nSPS) is 15.5. The summed E-state index contributed by atoms with van der Waals surface area (Å²) in [6.07, 6.45) is 6.13. The van der Waals surface area contributed by atoms with E-state index in [1.54, 1.807) is 18.4 Å². The van der Waals surface area contributed by atoms with Crippen LogP contribution in [0.1, 0.15) is 24.6 Å². The maximum atomic E-state index is 5.20. The van der Waals surface area contributed by atoms with Crippen LogP contribution in [0.15, 0.2) is 42.7 Å². The van der Waals surface area contributed by atoms with Crippen LogP contribution in [0.25, 0.3) is 10.6 Å². The Bertz CT molecular complexity index is 823. The first-order valence-corrected chi connectivity index (χ1v) is 9.80. The van der Waals surface area contributed by atoms with Gasteiger partial charge in [0.05, 0.1) is 6.61 Å². The molecule has 0 radical (unpaired) electrons. The van der Waals surface area contributed by atoms with Crippen LogP contribution in [0.5, 0.6) is 0 Å². The van der Waals surface area contributed by atoms with Crippen molar-refractivity contribution in [2.45, 2.75) is 25.3 Å². The molecule has 1 aliphatic heterocycles. The summed E-state index contributed by atoms with van der Waals surface area (Å²) in [5, 5.41) is 10.8. The van der Waals surface area contributed by atoms with Gasteiger partial charge >= 0.3 is 0 Å². The SMILES string of the molecule is COCCn1ccnc1C1CCN(c2nnc(-c3ccccc3)s2)CC1. The van der Waals surface area contributed by atoms with Crippen molar-refractivity contribution >= 4 is 16.5 Å². The molecule has 6 nitrogen and oxygen atoms in total. The predicted molar refractivity (Wildman–Crippen MR) is 104 cm³/mol. The van der Waals surface area contributed by atoms with Crippen molar-refractivity contribution in [3.05, 3.63) is 48.5 Å². The zero-order valence-corrected chi connectivity index (χ0v) is 15.7. The van der Waals surface area contributed by atoms with Crippen molar-refractivity contribution in [2.24, 2.45) is 0 Å². The number of methoxy groups -OCH3 is 1. The number of rotatable bonds is 6. The van der Waals surface area contributed by atoms with Crippen molar-refractivity contribution in [1.29, 1.82) is 0 Å². The van der Waals surface area contributed by atoms with Crippen molar-refractivity contribution in [3.63, 3.8) is 0 Å². The second-order valence-corrected chi connectivity index (χ2v) is 7.44. The molecule has 0 aliphatic carbocycles. The number of aromatic nitrogens is 4. The maximum absolute atomic E-state index is 5.20. The summed E-state index contributed by atoms with van der Waals surface area (Å²) in [6, 6.07) is 10.3. The van der Waals surface area contributed by atoms with Gasteiger partial charge in [0.25, 0.3) is 0 Å². The predicted octanol–water partition coefficient (Wildman–Crippen LogP) is 3.43. The summed E-state index contributed by atoms with van der Waals surface area (Å²) in [6.45, 7) is 3.56. The Hall–Kier alpha value is -2.25. The van der Waals surface area contributed by atoms with Crippen LogP contribution in [0.4, 0.5) is 5.13 Å². The van der Waals surface area contributed by atoms with Gasteiger partial charge in [0.2, 0.25) is 5.13 Å². The standard InChI is InChI=1S/C19H23N5OS/c1-25-14-13-23-12-9-20-17(23)15-7-10-24(11-8-15)19-22-21-18(26-19)16-5-3-2-4-6-16/h2-6,9,12,15H,7-8,10-11,13-14H2,1H3. The molecule has 0 unspecified atom stereocenters. The number of hydrogen-bond donors (Lipinski definition) is 0. The van der Waals surface area contributed by atoms with E-state index in [1.165, 1.54) is 5.82 Å². The third kappa shape index (κ3) is 3.64. The zero-order valence-electron chi connectivity index (χ0n) is 14.9. The Morgan fingerprint density at radius 3 is 2.73 bits per heavy atom. The van der Waals surface area contributed by atoms with E-state index >= 15 is 0 Å². The first-order valence-electron chi connectivity index (χ1n) is 8.99. The van der Waals surface area contributed by atoms with Crippen LogP contribution < -0.4 is 4.90 Å². The fourth-order valence-corrected chi connectivity index (χ4v) is 4.33. The lowest BCUT2D eigenvalue weighted by Crippen LogP contribution is -2.33. The van der Waals surface area contributed by atoms with Gasteiger partial charge in [-0.05, 0) is 12.8 Å². The fourth-order valence-electron chi connectivity index (χ4n) is 3.43. The van der Waals surface area contributed by atoms with Gasteiger partial charge in [0.1, 0.15) is 10.8 Å². The van der Waals surface area contributed by atoms with Gasteiger partial charge in [0, 0.05) is 50.6 Å². The highest BCUT2D eigenvalue weighted by Crippen LogP contribution is 2.33. The number of nitrogens with zero attached hydrogens (tertiary/aromatic N) is 5. The summed E-state index contributed by atoms with van der Waals surface area (Å²) in [4.78, 5) is 6.95. The minimum absolute atomic E-state index is 0.500. The molecule has 0 amide bonds. The summed E-state index contributed by atoms with van der Waals surface area (Å²) in [5.41, 5.74) is 1.13. The zero-order chi connectivity index (χ0) is 17.8. The summed E-state index contributed by atoms with van der Waals surface area (Å²) in [7, 11) is 1.74. The van der Waals surface area contributed by atoms with Gasteiger partial charge in [-0.1, -0.05) is 41.7 Å². The highest BCUT2D eigenvalue weighted by Gasteiger charge is 2.25. The average Bonchev–Trinajstić information content (AvgIpc) is 3.37. The summed E-state index contributed by atoms with van der Waals surface area (Å²) < 4.78 is 7.42. The van der Waals surface area contributed by atoms with Gasteiger partial charge in [-0.3, -0.25) is 0 Å². The molecule has 0 N–H and O–H groups in total. The molecule has 7 heteroatoms. The van der Waals surface area contributed by atoms with Crippen molar-refractivity contribution < 1.29 is 4.74 Å². The highest BCUT2D eigenvalue weighted by atomic mass is 32.1. The Kier molecular flexibility index (Phi) is 5.26. The number of anilines is 1. The second kappa shape index (κ2) is 7.97. The fraction of sp³-hybridized carbons (Fsp3) is 0.421. The molecule has 2 aromatic heterocycles. The molecule has 4 rings (SSSR count). The molecule has 0 bridgehead atoms. The molecular weight excluding hydrogens is 346 g/mol. The van der Waals surface area contributed by atoms with Gasteiger partial charge in [0.15, 0.2) is 0 Å². The van der Waals surface area contributed by atoms with E-state index in [0.717, 1.165) is 54.8 Å². The Balaban J connectivity index is 1.40. The average molecular weight is 369 g/mol. The summed E-state index contributed by atoms with van der Waals surface area (Å²) >= 11 is 1.67. The van der Waals surface area contributed by atoms with Crippen LogP contribution in [0.3, 0.4) is 0 Å². The maximum Gasteiger partial charge on any atom is 0.208 e. The van der Waals surface area contributed by atoms with Gasteiger partial charge in [-0.15, -0.1) is 10.2 Å². The largest absolute Gasteiger partial charge is 0.383 e. The quantitative estimate of drug-likeness (QED) is 0.666. The lowest BCUT2D eigenvalue weighted by Gasteiger charge is -2.31. The topological polar surface area (TPSA) is 56.1 Å². The van der Waals surface area contributed by atoms with E-state index in [0.29, 0.717) is 5.92 Å². The molecule has 3 heterocycles. The minimum Gasteiger partial charge on any atom is -0.383 e. The molecule has 1 aliphatic rings. The Labute approximate surface area is 157 Å².